The van der Waals surface area contributed by atoms with Gasteiger partial charge in [0, 0.05) is 19.7 Å². The Hall–Kier alpha value is -0.660. The summed E-state index contributed by atoms with van der Waals surface area (Å²) in [4.78, 5) is 17.1. The number of aromatic nitrogens is 1. The first-order chi connectivity index (χ1) is 8.06. The molecule has 6 heteroatoms. The van der Waals surface area contributed by atoms with Crippen LogP contribution < -0.4 is 5.32 Å². The van der Waals surface area contributed by atoms with Crippen LogP contribution in [-0.4, -0.2) is 10.9 Å². The van der Waals surface area contributed by atoms with Gasteiger partial charge >= 0.3 is 0 Å². The summed E-state index contributed by atoms with van der Waals surface area (Å²) in [5.74, 6) is -0.189. The molecule has 3 nitrogen and oxygen atoms in total. The van der Waals surface area contributed by atoms with Crippen molar-refractivity contribution in [1.82, 2.24) is 4.98 Å². The van der Waals surface area contributed by atoms with E-state index in [0.29, 0.717) is 15.7 Å². The lowest BCUT2D eigenvalue weighted by molar-refractivity contribution is 0.102. The number of halogens is 2. The van der Waals surface area contributed by atoms with Gasteiger partial charge in [-0.15, -0.1) is 11.3 Å². The number of carbonyl (C=O) groups is 1. The van der Waals surface area contributed by atoms with Gasteiger partial charge in [-0.2, -0.15) is 0 Å². The van der Waals surface area contributed by atoms with Crippen LogP contribution in [0.25, 0.3) is 0 Å². The molecule has 1 N–H and O–H groups in total. The molecule has 0 aliphatic rings. The molecule has 0 spiro atoms. The van der Waals surface area contributed by atoms with Crippen LogP contribution in [0.5, 0.6) is 0 Å². The Bertz CT molecular complexity index is 570. The first-order valence-corrected chi connectivity index (χ1v) is 7.02. The average Bonchev–Trinajstić information content (AvgIpc) is 2.67. The lowest BCUT2D eigenvalue weighted by Crippen LogP contribution is -2.13. The molecule has 1 aromatic heterocycles. The van der Waals surface area contributed by atoms with Gasteiger partial charge in [0.15, 0.2) is 5.13 Å². The number of thiazole rings is 1. The molecule has 1 heterocycles. The predicted octanol–water partition coefficient (Wildman–Crippen LogP) is 3.96. The van der Waals surface area contributed by atoms with Crippen molar-refractivity contribution >= 4 is 56.6 Å². The first kappa shape index (κ1) is 12.8. The van der Waals surface area contributed by atoms with Gasteiger partial charge in [0.2, 0.25) is 0 Å². The molecule has 17 heavy (non-hydrogen) atoms. The van der Waals surface area contributed by atoms with Crippen molar-refractivity contribution in [3.8, 4) is 0 Å². The first-order valence-electron chi connectivity index (χ1n) is 4.75. The van der Waals surface area contributed by atoms with Crippen LogP contribution in [-0.2, 0) is 0 Å². The average molecular weight is 379 g/mol. The smallest absolute Gasteiger partial charge is 0.258 e. The van der Waals surface area contributed by atoms with Crippen LogP contribution >= 0.6 is 45.5 Å². The molecule has 0 saturated heterocycles. The van der Waals surface area contributed by atoms with Crippen molar-refractivity contribution < 1.29 is 4.79 Å². The lowest BCUT2D eigenvalue weighted by Gasteiger charge is -2.04. The Labute approximate surface area is 121 Å². The van der Waals surface area contributed by atoms with Crippen molar-refractivity contribution in [3.63, 3.8) is 0 Å². The third kappa shape index (κ3) is 3.17. The number of carbonyl (C=O) groups excluding carboxylic acids is 1. The minimum absolute atomic E-state index is 0.189. The second-order valence-electron chi connectivity index (χ2n) is 3.35. The van der Waals surface area contributed by atoms with Crippen molar-refractivity contribution in [3.05, 3.63) is 43.4 Å². The number of hydrogen-bond donors (Lipinski definition) is 1. The maximum Gasteiger partial charge on any atom is 0.258 e. The highest BCUT2D eigenvalue weighted by Gasteiger charge is 2.12. The van der Waals surface area contributed by atoms with Crippen LogP contribution in [0.2, 0.25) is 5.02 Å². The number of amides is 1. The molecule has 88 valence electrons. The highest BCUT2D eigenvalue weighted by Crippen LogP contribution is 2.21. The van der Waals surface area contributed by atoms with Crippen molar-refractivity contribution in [2.75, 3.05) is 5.32 Å². The Kier molecular flexibility index (Phi) is 4.01. The minimum Gasteiger partial charge on any atom is -0.298 e. The molecule has 0 fully saturated rings. The summed E-state index contributed by atoms with van der Waals surface area (Å²) in [6, 6.07) is 5.22. The second kappa shape index (κ2) is 5.32. The third-order valence-corrected chi connectivity index (χ3v) is 4.02. The normalized spacial score (nSPS) is 10.3. The van der Waals surface area contributed by atoms with E-state index in [9.17, 15) is 4.79 Å². The van der Waals surface area contributed by atoms with E-state index < -0.39 is 0 Å². The SMILES string of the molecule is Cc1cnc(NC(=O)c2cc(Cl)ccc2I)s1. The molecule has 2 aromatic rings. The number of aryl methyl sites for hydroxylation is 1. The van der Waals surface area contributed by atoms with Crippen LogP contribution in [0.3, 0.4) is 0 Å². The molecule has 0 radical (unpaired) electrons. The maximum absolute atomic E-state index is 12.0. The zero-order chi connectivity index (χ0) is 12.4. The van der Waals surface area contributed by atoms with Gasteiger partial charge in [-0.1, -0.05) is 11.6 Å². The molecule has 0 unspecified atom stereocenters. The van der Waals surface area contributed by atoms with E-state index >= 15 is 0 Å². The van der Waals surface area contributed by atoms with Gasteiger partial charge in [-0.25, -0.2) is 4.98 Å². The Morgan fingerprint density at radius 3 is 2.94 bits per heavy atom. The van der Waals surface area contributed by atoms with E-state index in [4.69, 9.17) is 11.6 Å². The van der Waals surface area contributed by atoms with E-state index in [2.05, 4.69) is 32.9 Å². The number of hydrogen-bond acceptors (Lipinski definition) is 3. The standard InChI is InChI=1S/C11H8ClIN2OS/c1-6-5-14-11(17-6)15-10(16)8-4-7(12)2-3-9(8)13/h2-5H,1H3,(H,14,15,16). The molecular formula is C11H8ClIN2OS. The lowest BCUT2D eigenvalue weighted by atomic mass is 10.2. The van der Waals surface area contributed by atoms with Crippen LogP contribution in [0, 0.1) is 10.5 Å². The fraction of sp³-hybridized carbons (Fsp3) is 0.0909. The van der Waals surface area contributed by atoms with E-state index in [1.807, 2.05) is 13.0 Å². The Morgan fingerprint density at radius 1 is 1.53 bits per heavy atom. The van der Waals surface area contributed by atoms with Gasteiger partial charge < -0.3 is 0 Å². The zero-order valence-electron chi connectivity index (χ0n) is 8.83. The van der Waals surface area contributed by atoms with Crippen molar-refractivity contribution in [2.24, 2.45) is 0 Å². The van der Waals surface area contributed by atoms with Gasteiger partial charge in [0.05, 0.1) is 5.56 Å². The van der Waals surface area contributed by atoms with Crippen molar-refractivity contribution in [2.45, 2.75) is 6.92 Å². The second-order valence-corrected chi connectivity index (χ2v) is 6.19. The summed E-state index contributed by atoms with van der Waals surface area (Å²) in [7, 11) is 0. The molecule has 0 aliphatic heterocycles. The predicted molar refractivity (Wildman–Crippen MR) is 79.0 cm³/mol. The van der Waals surface area contributed by atoms with Crippen LogP contribution in [0.15, 0.2) is 24.4 Å². The molecular weight excluding hydrogens is 371 g/mol. The molecule has 1 amide bonds. The van der Waals surface area contributed by atoms with Gasteiger partial charge in [-0.05, 0) is 47.7 Å². The van der Waals surface area contributed by atoms with Crippen molar-refractivity contribution in [1.29, 1.82) is 0 Å². The minimum atomic E-state index is -0.189. The zero-order valence-corrected chi connectivity index (χ0v) is 12.6. The fourth-order valence-corrected chi connectivity index (χ4v) is 2.66. The molecule has 0 saturated carbocycles. The Morgan fingerprint density at radius 2 is 2.29 bits per heavy atom. The molecule has 0 bridgehead atoms. The number of anilines is 1. The highest BCUT2D eigenvalue weighted by molar-refractivity contribution is 14.1. The summed E-state index contributed by atoms with van der Waals surface area (Å²) in [6.07, 6.45) is 1.73. The quantitative estimate of drug-likeness (QED) is 0.804. The number of nitrogens with zero attached hydrogens (tertiary/aromatic N) is 1. The monoisotopic (exact) mass is 378 g/mol. The van der Waals surface area contributed by atoms with Gasteiger partial charge in [0.25, 0.3) is 5.91 Å². The highest BCUT2D eigenvalue weighted by atomic mass is 127. The van der Waals surface area contributed by atoms with Crippen LogP contribution in [0.1, 0.15) is 15.2 Å². The Balaban J connectivity index is 2.22. The topological polar surface area (TPSA) is 42.0 Å². The summed E-state index contributed by atoms with van der Waals surface area (Å²) in [5.41, 5.74) is 0.561. The molecule has 2 rings (SSSR count). The largest absolute Gasteiger partial charge is 0.298 e. The molecule has 1 aromatic carbocycles. The van der Waals surface area contributed by atoms with E-state index in [1.165, 1.54) is 11.3 Å². The number of nitrogens with one attached hydrogen (secondary N) is 1. The molecule has 0 atom stereocenters. The third-order valence-electron chi connectivity index (χ3n) is 2.01. The van der Waals surface area contributed by atoms with E-state index in [0.717, 1.165) is 8.45 Å². The van der Waals surface area contributed by atoms with E-state index in [-0.39, 0.29) is 5.91 Å². The summed E-state index contributed by atoms with van der Waals surface area (Å²) < 4.78 is 0.859. The number of benzene rings is 1. The summed E-state index contributed by atoms with van der Waals surface area (Å²) in [6.45, 7) is 1.94. The summed E-state index contributed by atoms with van der Waals surface area (Å²) >= 11 is 9.42. The maximum atomic E-state index is 12.0. The van der Waals surface area contributed by atoms with Gasteiger partial charge in [0.1, 0.15) is 0 Å². The summed E-state index contributed by atoms with van der Waals surface area (Å²) in [5, 5.41) is 3.90. The van der Waals surface area contributed by atoms with Crippen LogP contribution in [0.4, 0.5) is 5.13 Å². The number of rotatable bonds is 2. The van der Waals surface area contributed by atoms with E-state index in [1.54, 1.807) is 18.3 Å². The molecule has 0 aliphatic carbocycles. The fourth-order valence-electron chi connectivity index (χ4n) is 1.25. The van der Waals surface area contributed by atoms with Gasteiger partial charge in [-0.3, -0.25) is 10.1 Å².